The maximum Gasteiger partial charge on any atom is 0.0431 e. The molecule has 0 saturated heterocycles. The van der Waals surface area contributed by atoms with Crippen LogP contribution in [-0.4, -0.2) is 18.3 Å². The normalized spacial score (nSPS) is 10.4. The van der Waals surface area contributed by atoms with Crippen LogP contribution >= 0.6 is 0 Å². The Bertz CT molecular complexity index is 269. The summed E-state index contributed by atoms with van der Waals surface area (Å²) in [4.78, 5) is 0. The highest BCUT2D eigenvalue weighted by molar-refractivity contribution is 5.44. The lowest BCUT2D eigenvalue weighted by Crippen LogP contribution is -2.01. The van der Waals surface area contributed by atoms with Gasteiger partial charge in [0.1, 0.15) is 0 Å². The van der Waals surface area contributed by atoms with Crippen LogP contribution in [0.4, 0.5) is 5.69 Å². The summed E-state index contributed by atoms with van der Waals surface area (Å²) in [6.07, 6.45) is 5.50. The molecule has 0 amide bonds. The molecule has 1 rings (SSSR count). The van der Waals surface area contributed by atoms with E-state index in [1.807, 2.05) is 0 Å². The largest absolute Gasteiger partial charge is 0.396 e. The first-order chi connectivity index (χ1) is 7.86. The van der Waals surface area contributed by atoms with Crippen LogP contribution in [0.1, 0.15) is 38.2 Å². The first-order valence-corrected chi connectivity index (χ1v) is 6.30. The van der Waals surface area contributed by atoms with E-state index in [0.717, 1.165) is 32.2 Å². The lowest BCUT2D eigenvalue weighted by Gasteiger charge is -2.06. The number of aliphatic hydroxyl groups excluding tert-OH is 1. The molecule has 16 heavy (non-hydrogen) atoms. The fourth-order valence-electron chi connectivity index (χ4n) is 1.72. The number of rotatable bonds is 8. The van der Waals surface area contributed by atoms with Gasteiger partial charge >= 0.3 is 0 Å². The Morgan fingerprint density at radius 2 is 1.81 bits per heavy atom. The van der Waals surface area contributed by atoms with Crippen molar-refractivity contribution in [2.75, 3.05) is 18.5 Å². The highest BCUT2D eigenvalue weighted by Crippen LogP contribution is 2.11. The summed E-state index contributed by atoms with van der Waals surface area (Å²) in [7, 11) is 0. The zero-order valence-corrected chi connectivity index (χ0v) is 10.2. The SMILES string of the molecule is CCCc1ccc(NCCCCCO)cc1. The van der Waals surface area contributed by atoms with Crippen molar-refractivity contribution in [3.05, 3.63) is 29.8 Å². The molecule has 0 heterocycles. The van der Waals surface area contributed by atoms with Crippen LogP contribution in [0.2, 0.25) is 0 Å². The standard InChI is InChI=1S/C14H23NO/c1-2-6-13-7-9-14(10-8-13)15-11-4-3-5-12-16/h7-10,15-16H,2-6,11-12H2,1H3. The molecule has 90 valence electrons. The first-order valence-electron chi connectivity index (χ1n) is 6.30. The van der Waals surface area contributed by atoms with Crippen molar-refractivity contribution >= 4 is 5.69 Å². The van der Waals surface area contributed by atoms with Crippen LogP contribution in [0.3, 0.4) is 0 Å². The molecule has 2 heteroatoms. The molecule has 1 aromatic rings. The van der Waals surface area contributed by atoms with Crippen LogP contribution < -0.4 is 5.32 Å². The second-order valence-electron chi connectivity index (χ2n) is 4.16. The fraction of sp³-hybridized carbons (Fsp3) is 0.571. The lowest BCUT2D eigenvalue weighted by molar-refractivity contribution is 0.283. The van der Waals surface area contributed by atoms with Crippen molar-refractivity contribution in [1.29, 1.82) is 0 Å². The van der Waals surface area contributed by atoms with Gasteiger partial charge in [-0.1, -0.05) is 25.5 Å². The lowest BCUT2D eigenvalue weighted by atomic mass is 10.1. The first kappa shape index (κ1) is 13.0. The van der Waals surface area contributed by atoms with Crippen molar-refractivity contribution in [2.45, 2.75) is 39.0 Å². The second kappa shape index (κ2) is 8.17. The van der Waals surface area contributed by atoms with E-state index in [1.165, 1.54) is 17.7 Å². The molecule has 0 aliphatic carbocycles. The Kier molecular flexibility index (Phi) is 6.66. The second-order valence-corrected chi connectivity index (χ2v) is 4.16. The van der Waals surface area contributed by atoms with Gasteiger partial charge in [-0.05, 0) is 43.4 Å². The molecule has 0 atom stereocenters. The molecule has 0 unspecified atom stereocenters. The van der Waals surface area contributed by atoms with Crippen molar-refractivity contribution in [2.24, 2.45) is 0 Å². The molecule has 0 radical (unpaired) electrons. The molecule has 0 saturated carbocycles. The minimum atomic E-state index is 0.311. The molecule has 0 aromatic heterocycles. The summed E-state index contributed by atoms with van der Waals surface area (Å²) in [6.45, 7) is 3.51. The number of unbranched alkanes of at least 4 members (excludes halogenated alkanes) is 2. The Balaban J connectivity index is 2.21. The maximum atomic E-state index is 8.64. The molecule has 0 aliphatic heterocycles. The molecule has 0 aliphatic rings. The van der Waals surface area contributed by atoms with Crippen LogP contribution in [0.25, 0.3) is 0 Å². The van der Waals surface area contributed by atoms with Crippen molar-refractivity contribution in [1.82, 2.24) is 0 Å². The monoisotopic (exact) mass is 221 g/mol. The summed E-state index contributed by atoms with van der Waals surface area (Å²) >= 11 is 0. The Labute approximate surface area is 98.7 Å². The van der Waals surface area contributed by atoms with E-state index >= 15 is 0 Å². The van der Waals surface area contributed by atoms with Crippen LogP contribution in [-0.2, 0) is 6.42 Å². The van der Waals surface area contributed by atoms with E-state index in [9.17, 15) is 0 Å². The minimum Gasteiger partial charge on any atom is -0.396 e. The molecule has 0 bridgehead atoms. The summed E-state index contributed by atoms with van der Waals surface area (Å²) in [5.74, 6) is 0. The number of aryl methyl sites for hydroxylation is 1. The molecule has 0 fully saturated rings. The molecule has 2 nitrogen and oxygen atoms in total. The molecular formula is C14H23NO. The predicted octanol–water partition coefficient (Wildman–Crippen LogP) is 3.21. The van der Waals surface area contributed by atoms with E-state index in [4.69, 9.17) is 5.11 Å². The fourth-order valence-corrected chi connectivity index (χ4v) is 1.72. The van der Waals surface area contributed by atoms with Crippen LogP contribution in [0.5, 0.6) is 0 Å². The predicted molar refractivity (Wildman–Crippen MR) is 69.9 cm³/mol. The number of hydrogen-bond acceptors (Lipinski definition) is 2. The Morgan fingerprint density at radius 3 is 2.44 bits per heavy atom. The van der Waals surface area contributed by atoms with Gasteiger partial charge in [-0.15, -0.1) is 0 Å². The summed E-state index contributed by atoms with van der Waals surface area (Å²) in [5.41, 5.74) is 2.61. The average molecular weight is 221 g/mol. The van der Waals surface area contributed by atoms with Gasteiger partial charge in [-0.2, -0.15) is 0 Å². The van der Waals surface area contributed by atoms with E-state index in [-0.39, 0.29) is 0 Å². The van der Waals surface area contributed by atoms with E-state index in [2.05, 4.69) is 36.5 Å². The Hall–Kier alpha value is -1.02. The highest BCUT2D eigenvalue weighted by atomic mass is 16.2. The average Bonchev–Trinajstić information content (AvgIpc) is 2.31. The van der Waals surface area contributed by atoms with Gasteiger partial charge in [-0.3, -0.25) is 0 Å². The number of nitrogens with one attached hydrogen (secondary N) is 1. The van der Waals surface area contributed by atoms with Gasteiger partial charge in [0.15, 0.2) is 0 Å². The number of hydrogen-bond donors (Lipinski definition) is 2. The van der Waals surface area contributed by atoms with Gasteiger partial charge in [0, 0.05) is 18.8 Å². The van der Waals surface area contributed by atoms with Crippen molar-refractivity contribution < 1.29 is 5.11 Å². The number of anilines is 1. The van der Waals surface area contributed by atoms with E-state index in [1.54, 1.807) is 0 Å². The van der Waals surface area contributed by atoms with Crippen molar-refractivity contribution in [3.8, 4) is 0 Å². The van der Waals surface area contributed by atoms with Gasteiger partial charge in [0.25, 0.3) is 0 Å². The number of benzene rings is 1. The zero-order valence-electron chi connectivity index (χ0n) is 10.2. The highest BCUT2D eigenvalue weighted by Gasteiger charge is 1.93. The Morgan fingerprint density at radius 1 is 1.06 bits per heavy atom. The van der Waals surface area contributed by atoms with Gasteiger partial charge < -0.3 is 10.4 Å². The van der Waals surface area contributed by atoms with Crippen LogP contribution in [0.15, 0.2) is 24.3 Å². The quantitative estimate of drug-likeness (QED) is 0.661. The van der Waals surface area contributed by atoms with E-state index < -0.39 is 0 Å². The topological polar surface area (TPSA) is 32.3 Å². The summed E-state index contributed by atoms with van der Waals surface area (Å²) < 4.78 is 0. The van der Waals surface area contributed by atoms with Gasteiger partial charge in [0.05, 0.1) is 0 Å². The smallest absolute Gasteiger partial charge is 0.0431 e. The third-order valence-corrected chi connectivity index (χ3v) is 2.66. The van der Waals surface area contributed by atoms with Crippen LogP contribution in [0, 0.1) is 0 Å². The summed E-state index contributed by atoms with van der Waals surface area (Å²) in [5, 5.41) is 12.0. The van der Waals surface area contributed by atoms with Gasteiger partial charge in [0.2, 0.25) is 0 Å². The summed E-state index contributed by atoms with van der Waals surface area (Å²) in [6, 6.07) is 8.69. The molecule has 1 aromatic carbocycles. The minimum absolute atomic E-state index is 0.311. The zero-order chi connectivity index (χ0) is 11.6. The van der Waals surface area contributed by atoms with Gasteiger partial charge in [-0.25, -0.2) is 0 Å². The molecular weight excluding hydrogens is 198 g/mol. The molecule has 0 spiro atoms. The third kappa shape index (κ3) is 5.17. The maximum absolute atomic E-state index is 8.64. The van der Waals surface area contributed by atoms with E-state index in [0.29, 0.717) is 6.61 Å². The van der Waals surface area contributed by atoms with Crippen molar-refractivity contribution in [3.63, 3.8) is 0 Å². The molecule has 2 N–H and O–H groups in total. The number of aliphatic hydroxyl groups is 1. The third-order valence-electron chi connectivity index (χ3n) is 2.66.